The molecule has 3 N–H and O–H groups in total. The molecule has 3 nitrogen and oxygen atoms in total. The van der Waals surface area contributed by atoms with Crippen LogP contribution in [0.2, 0.25) is 0 Å². The zero-order valence-corrected chi connectivity index (χ0v) is 8.06. The average Bonchev–Trinajstić information content (AvgIpc) is 2.57. The summed E-state index contributed by atoms with van der Waals surface area (Å²) in [5.41, 5.74) is 7.36. The molecule has 1 aromatic carbocycles. The predicted octanol–water partition coefficient (Wildman–Crippen LogP) is 1.10. The summed E-state index contributed by atoms with van der Waals surface area (Å²) in [5.74, 6) is 0. The van der Waals surface area contributed by atoms with Crippen LogP contribution in [0.4, 0.5) is 0 Å². The molecule has 0 radical (unpaired) electrons. The Kier molecular flexibility index (Phi) is 2.41. The maximum Gasteiger partial charge on any atom is 0.0984 e. The fourth-order valence-corrected chi connectivity index (χ4v) is 1.77. The van der Waals surface area contributed by atoms with Crippen molar-refractivity contribution < 1.29 is 0 Å². The van der Waals surface area contributed by atoms with Crippen LogP contribution in [0.5, 0.6) is 0 Å². The van der Waals surface area contributed by atoms with E-state index in [1.807, 2.05) is 18.2 Å². The summed E-state index contributed by atoms with van der Waals surface area (Å²) >= 11 is 3.50. The van der Waals surface area contributed by atoms with Crippen molar-refractivity contribution in [2.75, 3.05) is 6.67 Å². The minimum atomic E-state index is 0.209. The van der Waals surface area contributed by atoms with E-state index in [1.165, 1.54) is 5.56 Å². The van der Waals surface area contributed by atoms with E-state index in [-0.39, 0.29) is 6.17 Å². The summed E-state index contributed by atoms with van der Waals surface area (Å²) in [6.45, 7) is 0.798. The van der Waals surface area contributed by atoms with E-state index in [4.69, 9.17) is 0 Å². The van der Waals surface area contributed by atoms with Crippen LogP contribution in [-0.4, -0.2) is 6.67 Å². The molecule has 1 heterocycles. The molecule has 12 heavy (non-hydrogen) atoms. The van der Waals surface area contributed by atoms with E-state index < -0.39 is 0 Å². The van der Waals surface area contributed by atoms with Crippen molar-refractivity contribution in [1.82, 2.24) is 16.2 Å². The van der Waals surface area contributed by atoms with Crippen molar-refractivity contribution in [2.24, 2.45) is 0 Å². The number of rotatable bonds is 1. The predicted molar refractivity (Wildman–Crippen MR) is 51.2 cm³/mol. The molecule has 2 rings (SSSR count). The Hall–Kier alpha value is -0.420. The van der Waals surface area contributed by atoms with Gasteiger partial charge in [0, 0.05) is 4.47 Å². The number of halogens is 1. The normalized spacial score (nSPS) is 22.9. The first-order valence-corrected chi connectivity index (χ1v) is 4.63. The van der Waals surface area contributed by atoms with Crippen molar-refractivity contribution in [3.05, 3.63) is 34.3 Å². The van der Waals surface area contributed by atoms with Gasteiger partial charge >= 0.3 is 0 Å². The first kappa shape index (κ1) is 8.19. The molecular weight excluding hydrogens is 218 g/mol. The highest BCUT2D eigenvalue weighted by molar-refractivity contribution is 9.10. The highest BCUT2D eigenvalue weighted by Gasteiger charge is 2.16. The lowest BCUT2D eigenvalue weighted by Gasteiger charge is -2.11. The second kappa shape index (κ2) is 3.53. The van der Waals surface area contributed by atoms with Gasteiger partial charge in [-0.05, 0) is 11.6 Å². The summed E-state index contributed by atoms with van der Waals surface area (Å²) in [4.78, 5) is 0. The van der Waals surface area contributed by atoms with E-state index in [2.05, 4.69) is 38.2 Å². The Labute approximate surface area is 79.6 Å². The maximum atomic E-state index is 3.50. The molecule has 64 valence electrons. The molecule has 0 aromatic heterocycles. The van der Waals surface area contributed by atoms with Crippen LogP contribution in [0, 0.1) is 0 Å². The summed E-state index contributed by atoms with van der Waals surface area (Å²) in [6.07, 6.45) is 0.209. The molecule has 1 saturated heterocycles. The third kappa shape index (κ3) is 1.51. The number of hydrazine groups is 1. The maximum absolute atomic E-state index is 3.50. The Balaban J connectivity index is 2.26. The minimum absolute atomic E-state index is 0.209. The van der Waals surface area contributed by atoms with Gasteiger partial charge in [0.2, 0.25) is 0 Å². The van der Waals surface area contributed by atoms with Crippen molar-refractivity contribution in [3.8, 4) is 0 Å². The van der Waals surface area contributed by atoms with E-state index in [0.717, 1.165) is 11.1 Å². The fraction of sp³-hybridized carbons (Fsp3) is 0.250. The molecule has 1 aliphatic heterocycles. The Morgan fingerprint density at radius 2 is 2.17 bits per heavy atom. The molecule has 1 aromatic rings. The standard InChI is InChI=1S/C8H10BrN3/c9-7-4-2-1-3-6(7)8-10-5-11-12-8/h1-4,8,10-12H,5H2. The molecule has 1 atom stereocenters. The van der Waals surface area contributed by atoms with Crippen LogP contribution in [0.1, 0.15) is 11.7 Å². The van der Waals surface area contributed by atoms with Gasteiger partial charge in [0.15, 0.2) is 0 Å². The van der Waals surface area contributed by atoms with E-state index in [0.29, 0.717) is 0 Å². The SMILES string of the molecule is Brc1ccccc1C1NCNN1. The summed E-state index contributed by atoms with van der Waals surface area (Å²) < 4.78 is 1.12. The van der Waals surface area contributed by atoms with Gasteiger partial charge in [-0.25, -0.2) is 10.9 Å². The van der Waals surface area contributed by atoms with E-state index in [1.54, 1.807) is 0 Å². The molecule has 1 unspecified atom stereocenters. The monoisotopic (exact) mass is 227 g/mol. The van der Waals surface area contributed by atoms with Crippen molar-refractivity contribution in [1.29, 1.82) is 0 Å². The van der Waals surface area contributed by atoms with Gasteiger partial charge in [0.05, 0.1) is 12.8 Å². The van der Waals surface area contributed by atoms with Gasteiger partial charge in [-0.1, -0.05) is 34.1 Å². The fourth-order valence-electron chi connectivity index (χ4n) is 1.25. The number of nitrogens with one attached hydrogen (secondary N) is 3. The van der Waals surface area contributed by atoms with Crippen molar-refractivity contribution >= 4 is 15.9 Å². The average molecular weight is 228 g/mol. The first-order chi connectivity index (χ1) is 5.88. The van der Waals surface area contributed by atoms with Gasteiger partial charge in [0.25, 0.3) is 0 Å². The van der Waals surface area contributed by atoms with Crippen LogP contribution >= 0.6 is 15.9 Å². The van der Waals surface area contributed by atoms with E-state index in [9.17, 15) is 0 Å². The van der Waals surface area contributed by atoms with E-state index >= 15 is 0 Å². The van der Waals surface area contributed by atoms with Gasteiger partial charge in [-0.15, -0.1) is 0 Å². The van der Waals surface area contributed by atoms with Gasteiger partial charge in [-0.3, -0.25) is 5.32 Å². The molecule has 4 heteroatoms. The van der Waals surface area contributed by atoms with Crippen molar-refractivity contribution in [2.45, 2.75) is 6.17 Å². The summed E-state index contributed by atoms with van der Waals surface area (Å²) in [5, 5.41) is 3.26. The Morgan fingerprint density at radius 3 is 2.83 bits per heavy atom. The zero-order valence-electron chi connectivity index (χ0n) is 6.47. The smallest absolute Gasteiger partial charge is 0.0984 e. The molecule has 0 aliphatic carbocycles. The van der Waals surface area contributed by atoms with Gasteiger partial charge in [0.1, 0.15) is 0 Å². The molecule has 0 bridgehead atoms. The summed E-state index contributed by atoms with van der Waals surface area (Å²) in [6, 6.07) is 8.16. The zero-order chi connectivity index (χ0) is 8.39. The highest BCUT2D eigenvalue weighted by atomic mass is 79.9. The summed E-state index contributed by atoms with van der Waals surface area (Å²) in [7, 11) is 0. The number of benzene rings is 1. The van der Waals surface area contributed by atoms with Gasteiger partial charge in [-0.2, -0.15) is 0 Å². The molecule has 0 saturated carbocycles. The lowest BCUT2D eigenvalue weighted by atomic mass is 10.2. The van der Waals surface area contributed by atoms with Crippen LogP contribution in [0.25, 0.3) is 0 Å². The Bertz CT molecular complexity index is 271. The largest absolute Gasteiger partial charge is 0.283 e. The van der Waals surface area contributed by atoms with Crippen LogP contribution in [0.15, 0.2) is 28.7 Å². The van der Waals surface area contributed by atoms with Crippen LogP contribution in [-0.2, 0) is 0 Å². The second-order valence-electron chi connectivity index (χ2n) is 2.66. The van der Waals surface area contributed by atoms with Crippen LogP contribution in [0.3, 0.4) is 0 Å². The highest BCUT2D eigenvalue weighted by Crippen LogP contribution is 2.21. The minimum Gasteiger partial charge on any atom is -0.283 e. The molecule has 1 fully saturated rings. The molecule has 1 aliphatic rings. The lowest BCUT2D eigenvalue weighted by molar-refractivity contribution is 0.553. The third-order valence-electron chi connectivity index (χ3n) is 1.86. The lowest BCUT2D eigenvalue weighted by Crippen LogP contribution is -2.25. The number of hydrogen-bond acceptors (Lipinski definition) is 3. The first-order valence-electron chi connectivity index (χ1n) is 3.84. The molecule has 0 amide bonds. The quantitative estimate of drug-likeness (QED) is 0.673. The third-order valence-corrected chi connectivity index (χ3v) is 2.58. The van der Waals surface area contributed by atoms with Crippen LogP contribution < -0.4 is 16.2 Å². The van der Waals surface area contributed by atoms with Gasteiger partial charge < -0.3 is 0 Å². The molecular formula is C8H10BrN3. The van der Waals surface area contributed by atoms with Crippen molar-refractivity contribution in [3.63, 3.8) is 0 Å². The topological polar surface area (TPSA) is 36.1 Å². The number of hydrogen-bond donors (Lipinski definition) is 3. The Morgan fingerprint density at radius 1 is 1.33 bits per heavy atom. The molecule has 0 spiro atoms. The second-order valence-corrected chi connectivity index (χ2v) is 3.51.